The van der Waals surface area contributed by atoms with Crippen molar-refractivity contribution in [1.29, 1.82) is 0 Å². The van der Waals surface area contributed by atoms with Crippen LogP contribution in [0.5, 0.6) is 0 Å². The molecule has 0 aromatic carbocycles. The molecule has 0 saturated heterocycles. The van der Waals surface area contributed by atoms with Gasteiger partial charge in [0.05, 0.1) is 11.4 Å². The molecule has 0 bridgehead atoms. The lowest BCUT2D eigenvalue weighted by molar-refractivity contribution is 0.166. The van der Waals surface area contributed by atoms with E-state index in [1.54, 1.807) is 6.92 Å². The SMILES string of the molecule is CC[C@@H](C)[C@@H](O[Si](C)(C)C)/C(C)=C/[C@@H](C)S(C)(=O)=O. The molecule has 5 heteroatoms. The molecule has 0 aliphatic heterocycles. The molecule has 3 nitrogen and oxygen atoms in total. The molecule has 0 aliphatic rings. The number of hydrogen-bond donors (Lipinski definition) is 0. The van der Waals surface area contributed by atoms with Gasteiger partial charge in [0.15, 0.2) is 18.2 Å². The maximum atomic E-state index is 11.5. The summed E-state index contributed by atoms with van der Waals surface area (Å²) in [7, 11) is -4.68. The third-order valence-corrected chi connectivity index (χ3v) is 5.71. The summed E-state index contributed by atoms with van der Waals surface area (Å²) < 4.78 is 29.3. The average Bonchev–Trinajstić information content (AvgIpc) is 2.22. The van der Waals surface area contributed by atoms with Crippen LogP contribution in [0.4, 0.5) is 0 Å². The number of hydrogen-bond acceptors (Lipinski definition) is 3. The fourth-order valence-electron chi connectivity index (χ4n) is 1.84. The van der Waals surface area contributed by atoms with Gasteiger partial charge in [0, 0.05) is 6.26 Å². The Morgan fingerprint density at radius 3 is 2.05 bits per heavy atom. The molecule has 0 saturated carbocycles. The van der Waals surface area contributed by atoms with Crippen LogP contribution in [0.1, 0.15) is 34.1 Å². The first-order chi connectivity index (χ1) is 8.38. The zero-order valence-electron chi connectivity index (χ0n) is 13.6. The second-order valence-electron chi connectivity index (χ2n) is 6.48. The zero-order chi connectivity index (χ0) is 15.4. The van der Waals surface area contributed by atoms with Gasteiger partial charge >= 0.3 is 0 Å². The smallest absolute Gasteiger partial charge is 0.184 e. The second-order valence-corrected chi connectivity index (χ2v) is 13.3. The lowest BCUT2D eigenvalue weighted by atomic mass is 9.95. The van der Waals surface area contributed by atoms with E-state index in [9.17, 15) is 8.42 Å². The molecule has 0 N–H and O–H groups in total. The minimum atomic E-state index is -3.03. The highest BCUT2D eigenvalue weighted by Crippen LogP contribution is 2.24. The third kappa shape index (κ3) is 7.27. The van der Waals surface area contributed by atoms with Crippen molar-refractivity contribution in [1.82, 2.24) is 0 Å². The highest BCUT2D eigenvalue weighted by Gasteiger charge is 2.26. The van der Waals surface area contributed by atoms with Crippen molar-refractivity contribution in [2.24, 2.45) is 5.92 Å². The first-order valence-corrected chi connectivity index (χ1v) is 12.3. The van der Waals surface area contributed by atoms with E-state index in [4.69, 9.17) is 4.43 Å². The van der Waals surface area contributed by atoms with Crippen LogP contribution in [0.15, 0.2) is 11.6 Å². The van der Waals surface area contributed by atoms with Gasteiger partial charge in [0.25, 0.3) is 0 Å². The van der Waals surface area contributed by atoms with E-state index < -0.39 is 23.4 Å². The highest BCUT2D eigenvalue weighted by atomic mass is 32.2. The molecule has 0 heterocycles. The normalized spacial score (nSPS) is 19.1. The number of sulfone groups is 1. The molecule has 114 valence electrons. The fourth-order valence-corrected chi connectivity index (χ4v) is 3.48. The Kier molecular flexibility index (Phi) is 6.99. The number of rotatable bonds is 7. The predicted octanol–water partition coefficient (Wildman–Crippen LogP) is 3.63. The molecule has 19 heavy (non-hydrogen) atoms. The Morgan fingerprint density at radius 2 is 1.74 bits per heavy atom. The lowest BCUT2D eigenvalue weighted by Crippen LogP contribution is -2.36. The van der Waals surface area contributed by atoms with E-state index in [0.717, 1.165) is 12.0 Å². The molecule has 0 fully saturated rings. The Morgan fingerprint density at radius 1 is 1.26 bits per heavy atom. The van der Waals surface area contributed by atoms with E-state index in [2.05, 4.69) is 33.5 Å². The summed E-state index contributed by atoms with van der Waals surface area (Å²) in [5.74, 6) is 0.398. The summed E-state index contributed by atoms with van der Waals surface area (Å²) in [6, 6.07) is 0. The summed E-state index contributed by atoms with van der Waals surface area (Å²) in [5, 5.41) is -0.454. The van der Waals surface area contributed by atoms with E-state index in [-0.39, 0.29) is 6.10 Å². The highest BCUT2D eigenvalue weighted by molar-refractivity contribution is 7.91. The van der Waals surface area contributed by atoms with Crippen molar-refractivity contribution in [3.8, 4) is 0 Å². The topological polar surface area (TPSA) is 43.4 Å². The second kappa shape index (κ2) is 7.04. The van der Waals surface area contributed by atoms with Gasteiger partial charge in [-0.15, -0.1) is 0 Å². The van der Waals surface area contributed by atoms with Gasteiger partial charge < -0.3 is 4.43 Å². The molecule has 0 amide bonds. The summed E-state index contributed by atoms with van der Waals surface area (Å²) in [4.78, 5) is 0. The van der Waals surface area contributed by atoms with Crippen molar-refractivity contribution in [2.75, 3.05) is 6.26 Å². The molecule has 0 aromatic rings. The molecule has 0 rings (SSSR count). The molecule has 0 radical (unpaired) electrons. The van der Waals surface area contributed by atoms with Gasteiger partial charge in [-0.3, -0.25) is 0 Å². The van der Waals surface area contributed by atoms with Gasteiger partial charge in [-0.2, -0.15) is 0 Å². The van der Waals surface area contributed by atoms with Crippen LogP contribution in [0.2, 0.25) is 19.6 Å². The van der Waals surface area contributed by atoms with Gasteiger partial charge in [-0.25, -0.2) is 8.42 Å². The van der Waals surface area contributed by atoms with Gasteiger partial charge in [-0.05, 0) is 45.0 Å². The average molecular weight is 307 g/mol. The first kappa shape index (κ1) is 18.9. The molecule has 0 spiro atoms. The molecule has 0 aromatic heterocycles. The first-order valence-electron chi connectivity index (χ1n) is 6.93. The Hall–Kier alpha value is -0.133. The van der Waals surface area contributed by atoms with Crippen molar-refractivity contribution in [3.05, 3.63) is 11.6 Å². The molecule has 3 atom stereocenters. The minimum Gasteiger partial charge on any atom is -0.411 e. The Balaban J connectivity index is 5.22. The van der Waals surface area contributed by atoms with Crippen molar-refractivity contribution < 1.29 is 12.8 Å². The van der Waals surface area contributed by atoms with Crippen LogP contribution >= 0.6 is 0 Å². The molecular formula is C14H30O3SSi. The van der Waals surface area contributed by atoms with Crippen LogP contribution in [0, 0.1) is 5.92 Å². The van der Waals surface area contributed by atoms with Crippen molar-refractivity contribution in [3.63, 3.8) is 0 Å². The van der Waals surface area contributed by atoms with Gasteiger partial charge in [0.2, 0.25) is 0 Å². The maximum absolute atomic E-state index is 11.5. The van der Waals surface area contributed by atoms with Crippen LogP contribution in [-0.2, 0) is 14.3 Å². The van der Waals surface area contributed by atoms with Crippen LogP contribution in [-0.4, -0.2) is 34.3 Å². The fraction of sp³-hybridized carbons (Fsp3) is 0.857. The molecule has 0 aliphatic carbocycles. The Bertz CT molecular complexity index is 407. The van der Waals surface area contributed by atoms with E-state index in [1.165, 1.54) is 6.26 Å². The summed E-state index contributed by atoms with van der Waals surface area (Å²) in [6.45, 7) is 14.5. The maximum Gasteiger partial charge on any atom is 0.184 e. The van der Waals surface area contributed by atoms with Crippen molar-refractivity contribution >= 4 is 18.2 Å². The van der Waals surface area contributed by atoms with Crippen molar-refractivity contribution in [2.45, 2.75) is 65.1 Å². The van der Waals surface area contributed by atoms with E-state index in [0.29, 0.717) is 5.92 Å². The van der Waals surface area contributed by atoms with E-state index >= 15 is 0 Å². The van der Waals surface area contributed by atoms with Crippen LogP contribution in [0.25, 0.3) is 0 Å². The zero-order valence-corrected chi connectivity index (χ0v) is 15.5. The third-order valence-electron chi connectivity index (χ3n) is 3.26. The monoisotopic (exact) mass is 306 g/mol. The summed E-state index contributed by atoms with van der Waals surface area (Å²) in [6.07, 6.45) is 4.17. The minimum absolute atomic E-state index is 0.0286. The van der Waals surface area contributed by atoms with Gasteiger partial charge in [-0.1, -0.05) is 26.3 Å². The van der Waals surface area contributed by atoms with Gasteiger partial charge in [0.1, 0.15) is 0 Å². The summed E-state index contributed by atoms with van der Waals surface area (Å²) in [5.41, 5.74) is 1.04. The molecular weight excluding hydrogens is 276 g/mol. The van der Waals surface area contributed by atoms with Crippen LogP contribution < -0.4 is 0 Å². The largest absolute Gasteiger partial charge is 0.411 e. The summed E-state index contributed by atoms with van der Waals surface area (Å²) >= 11 is 0. The van der Waals surface area contributed by atoms with Crippen LogP contribution in [0.3, 0.4) is 0 Å². The Labute approximate surface area is 120 Å². The standard InChI is InChI=1S/C14H30O3SSi/c1-9-11(2)14(17-19(6,7)8)12(3)10-13(4)18(5,15)16/h10-11,13-14H,9H2,1-8H3/b12-10+/t11-,13-,14-/m1/s1. The predicted molar refractivity (Wildman–Crippen MR) is 85.7 cm³/mol. The lowest BCUT2D eigenvalue weighted by Gasteiger charge is -2.31. The quantitative estimate of drug-likeness (QED) is 0.533. The molecule has 0 unspecified atom stereocenters. The van der Waals surface area contributed by atoms with E-state index in [1.807, 2.05) is 13.0 Å².